The van der Waals surface area contributed by atoms with Crippen molar-refractivity contribution in [2.24, 2.45) is 0 Å². The largest absolute Gasteiger partial charge is 0.435 e. The van der Waals surface area contributed by atoms with E-state index in [-0.39, 0.29) is 30.1 Å². The first kappa shape index (κ1) is 18.6. The van der Waals surface area contributed by atoms with Crippen LogP contribution in [-0.2, 0) is 11.2 Å². The molecular weight excluding hydrogens is 314 g/mol. The second-order valence-corrected chi connectivity index (χ2v) is 5.11. The Bertz CT molecular complexity index is 500. The van der Waals surface area contributed by atoms with Crippen molar-refractivity contribution < 1.29 is 18.3 Å². The SMILES string of the molecule is CNCCC(=O)NC1CCCc2cc(OC(F)F)ccc21.Cl. The number of alkyl halides is 2. The Morgan fingerprint density at radius 3 is 2.91 bits per heavy atom. The zero-order chi connectivity index (χ0) is 15.2. The third-order valence-electron chi connectivity index (χ3n) is 3.59. The summed E-state index contributed by atoms with van der Waals surface area (Å²) in [5, 5.41) is 5.93. The van der Waals surface area contributed by atoms with E-state index < -0.39 is 6.61 Å². The predicted molar refractivity (Wildman–Crippen MR) is 82.7 cm³/mol. The van der Waals surface area contributed by atoms with Gasteiger partial charge in [0.25, 0.3) is 0 Å². The van der Waals surface area contributed by atoms with E-state index in [4.69, 9.17) is 0 Å². The molecule has 2 N–H and O–H groups in total. The van der Waals surface area contributed by atoms with Gasteiger partial charge in [-0.25, -0.2) is 0 Å². The highest BCUT2D eigenvalue weighted by atomic mass is 35.5. The molecule has 2 rings (SSSR count). The number of hydrogen-bond donors (Lipinski definition) is 2. The molecule has 1 aromatic rings. The van der Waals surface area contributed by atoms with Gasteiger partial charge in [-0.1, -0.05) is 6.07 Å². The number of rotatable bonds is 6. The molecule has 0 saturated carbocycles. The van der Waals surface area contributed by atoms with Crippen LogP contribution in [-0.4, -0.2) is 26.1 Å². The van der Waals surface area contributed by atoms with Gasteiger partial charge in [0.05, 0.1) is 6.04 Å². The van der Waals surface area contributed by atoms with Gasteiger partial charge < -0.3 is 15.4 Å². The second-order valence-electron chi connectivity index (χ2n) is 5.11. The fourth-order valence-electron chi connectivity index (χ4n) is 2.62. The molecule has 0 heterocycles. The van der Waals surface area contributed by atoms with Crippen LogP contribution in [0, 0.1) is 0 Å². The average Bonchev–Trinajstić information content (AvgIpc) is 2.44. The Morgan fingerprint density at radius 2 is 2.23 bits per heavy atom. The molecule has 4 nitrogen and oxygen atoms in total. The standard InChI is InChI=1S/C15H20F2N2O2.ClH/c1-18-8-7-14(20)19-13-4-2-3-10-9-11(21-15(16)17)5-6-12(10)13;/h5-6,9,13,15,18H,2-4,7-8H2,1H3,(H,19,20);1H. The van der Waals surface area contributed by atoms with Crippen LogP contribution >= 0.6 is 12.4 Å². The van der Waals surface area contributed by atoms with Crippen LogP contribution in [0.25, 0.3) is 0 Å². The smallest absolute Gasteiger partial charge is 0.387 e. The first-order chi connectivity index (χ1) is 10.1. The zero-order valence-electron chi connectivity index (χ0n) is 12.4. The fourth-order valence-corrected chi connectivity index (χ4v) is 2.62. The number of carbonyl (C=O) groups excluding carboxylic acids is 1. The number of carbonyl (C=O) groups is 1. The van der Waals surface area contributed by atoms with Gasteiger partial charge in [-0.15, -0.1) is 12.4 Å². The Morgan fingerprint density at radius 1 is 1.45 bits per heavy atom. The molecule has 0 spiro atoms. The molecule has 1 aromatic carbocycles. The summed E-state index contributed by atoms with van der Waals surface area (Å²) in [5.41, 5.74) is 1.97. The third kappa shape index (κ3) is 5.10. The normalized spacial score (nSPS) is 16.6. The highest BCUT2D eigenvalue weighted by Gasteiger charge is 2.22. The van der Waals surface area contributed by atoms with E-state index in [1.165, 1.54) is 6.07 Å². The fraction of sp³-hybridized carbons (Fsp3) is 0.533. The second kappa shape index (κ2) is 8.90. The predicted octanol–water partition coefficient (Wildman–Crippen LogP) is 2.81. The van der Waals surface area contributed by atoms with Gasteiger partial charge in [-0.3, -0.25) is 4.79 Å². The minimum absolute atomic E-state index is 0. The van der Waals surface area contributed by atoms with Crippen LogP contribution in [0.3, 0.4) is 0 Å². The summed E-state index contributed by atoms with van der Waals surface area (Å²) in [4.78, 5) is 11.8. The summed E-state index contributed by atoms with van der Waals surface area (Å²) in [6, 6.07) is 4.91. The van der Waals surface area contributed by atoms with Crippen molar-refractivity contribution in [1.29, 1.82) is 0 Å². The molecule has 0 aromatic heterocycles. The van der Waals surface area contributed by atoms with E-state index >= 15 is 0 Å². The number of nitrogens with one attached hydrogen (secondary N) is 2. The Balaban J connectivity index is 0.00000242. The van der Waals surface area contributed by atoms with Gasteiger partial charge >= 0.3 is 6.61 Å². The molecule has 1 aliphatic carbocycles. The number of benzene rings is 1. The van der Waals surface area contributed by atoms with Crippen molar-refractivity contribution >= 4 is 18.3 Å². The van der Waals surface area contributed by atoms with Crippen LogP contribution in [0.2, 0.25) is 0 Å². The summed E-state index contributed by atoms with van der Waals surface area (Å²) < 4.78 is 28.9. The minimum atomic E-state index is -2.82. The van der Waals surface area contributed by atoms with Crippen molar-refractivity contribution in [3.8, 4) is 5.75 Å². The van der Waals surface area contributed by atoms with Gasteiger partial charge in [-0.2, -0.15) is 8.78 Å². The van der Waals surface area contributed by atoms with Crippen molar-refractivity contribution in [2.75, 3.05) is 13.6 Å². The molecule has 0 fully saturated rings. The zero-order valence-corrected chi connectivity index (χ0v) is 13.2. The molecule has 7 heteroatoms. The van der Waals surface area contributed by atoms with E-state index in [2.05, 4.69) is 15.4 Å². The molecule has 22 heavy (non-hydrogen) atoms. The Kier molecular flexibility index (Phi) is 7.55. The van der Waals surface area contributed by atoms with Crippen LogP contribution in [0.5, 0.6) is 5.75 Å². The molecule has 1 unspecified atom stereocenters. The molecule has 1 aliphatic rings. The lowest BCUT2D eigenvalue weighted by atomic mass is 9.87. The molecule has 1 atom stereocenters. The summed E-state index contributed by atoms with van der Waals surface area (Å²) in [5.74, 6) is 0.168. The lowest BCUT2D eigenvalue weighted by Gasteiger charge is -2.27. The summed E-state index contributed by atoms with van der Waals surface area (Å²) in [6.07, 6.45) is 3.03. The lowest BCUT2D eigenvalue weighted by Crippen LogP contribution is -2.32. The van der Waals surface area contributed by atoms with E-state index in [1.807, 2.05) is 0 Å². The molecular formula is C15H21ClF2N2O2. The number of hydrogen-bond acceptors (Lipinski definition) is 3. The molecule has 0 bridgehead atoms. The number of aryl methyl sites for hydroxylation is 1. The lowest BCUT2D eigenvalue weighted by molar-refractivity contribution is -0.121. The van der Waals surface area contributed by atoms with Crippen molar-refractivity contribution in [3.63, 3.8) is 0 Å². The van der Waals surface area contributed by atoms with Crippen molar-refractivity contribution in [3.05, 3.63) is 29.3 Å². The maximum absolute atomic E-state index is 12.2. The molecule has 124 valence electrons. The van der Waals surface area contributed by atoms with Gasteiger partial charge in [0.15, 0.2) is 0 Å². The van der Waals surface area contributed by atoms with Crippen LogP contribution in [0.4, 0.5) is 8.78 Å². The number of amides is 1. The number of ether oxygens (including phenoxy) is 1. The van der Waals surface area contributed by atoms with E-state index in [9.17, 15) is 13.6 Å². The first-order valence-corrected chi connectivity index (χ1v) is 7.11. The van der Waals surface area contributed by atoms with E-state index in [0.29, 0.717) is 13.0 Å². The minimum Gasteiger partial charge on any atom is -0.435 e. The third-order valence-corrected chi connectivity index (χ3v) is 3.59. The molecule has 0 saturated heterocycles. The van der Waals surface area contributed by atoms with Crippen molar-refractivity contribution in [2.45, 2.75) is 38.3 Å². The number of fused-ring (bicyclic) bond motifs is 1. The van der Waals surface area contributed by atoms with E-state index in [1.54, 1.807) is 19.2 Å². The summed E-state index contributed by atoms with van der Waals surface area (Å²) >= 11 is 0. The Labute approximate surface area is 135 Å². The summed E-state index contributed by atoms with van der Waals surface area (Å²) in [7, 11) is 1.80. The van der Waals surface area contributed by atoms with Gasteiger partial charge in [0.1, 0.15) is 5.75 Å². The first-order valence-electron chi connectivity index (χ1n) is 7.11. The van der Waals surface area contributed by atoms with Gasteiger partial charge in [0, 0.05) is 13.0 Å². The monoisotopic (exact) mass is 334 g/mol. The average molecular weight is 335 g/mol. The van der Waals surface area contributed by atoms with Crippen LogP contribution < -0.4 is 15.4 Å². The Hall–Kier alpha value is -1.40. The van der Waals surface area contributed by atoms with Gasteiger partial charge in [0.2, 0.25) is 5.91 Å². The van der Waals surface area contributed by atoms with Gasteiger partial charge in [-0.05, 0) is 49.6 Å². The number of halogens is 3. The highest BCUT2D eigenvalue weighted by molar-refractivity contribution is 5.85. The quantitative estimate of drug-likeness (QED) is 0.841. The topological polar surface area (TPSA) is 50.4 Å². The maximum Gasteiger partial charge on any atom is 0.387 e. The molecule has 0 aliphatic heterocycles. The van der Waals surface area contributed by atoms with Crippen LogP contribution in [0.1, 0.15) is 36.4 Å². The van der Waals surface area contributed by atoms with Crippen molar-refractivity contribution in [1.82, 2.24) is 10.6 Å². The molecule has 1 amide bonds. The maximum atomic E-state index is 12.2. The van der Waals surface area contributed by atoms with Crippen LogP contribution in [0.15, 0.2) is 18.2 Å². The molecule has 0 radical (unpaired) electrons. The van der Waals surface area contributed by atoms with E-state index in [0.717, 1.165) is 30.4 Å². The summed E-state index contributed by atoms with van der Waals surface area (Å²) in [6.45, 7) is -2.18. The highest BCUT2D eigenvalue weighted by Crippen LogP contribution is 2.32.